The van der Waals surface area contributed by atoms with Crippen LogP contribution in [0, 0.1) is 0 Å². The lowest BCUT2D eigenvalue weighted by Crippen LogP contribution is -2.38. The maximum absolute atomic E-state index is 12.4. The Morgan fingerprint density at radius 2 is 1.86 bits per heavy atom. The Morgan fingerprint density at radius 3 is 2.43 bits per heavy atom. The van der Waals surface area contributed by atoms with E-state index in [0.29, 0.717) is 5.56 Å². The third kappa shape index (κ3) is 3.70. The average molecular weight is 289 g/mol. The fourth-order valence-corrected chi connectivity index (χ4v) is 2.04. The second-order valence-electron chi connectivity index (χ2n) is 5.91. The number of rotatable bonds is 2. The molecule has 0 fully saturated rings. The molecule has 1 amide bonds. The molecule has 5 heteroatoms. The van der Waals surface area contributed by atoms with Gasteiger partial charge in [0, 0.05) is 5.56 Å². The van der Waals surface area contributed by atoms with Crippen LogP contribution in [0.5, 0.6) is 0 Å². The first-order valence-corrected chi connectivity index (χ1v) is 6.78. The van der Waals surface area contributed by atoms with E-state index < -0.39 is 17.8 Å². The molecule has 0 unspecified atom stereocenters. The number of Topliss-reactive ketones (excluding diaryl/α,β-unsaturated/α-hetero) is 1. The molecule has 0 aliphatic carbocycles. The molecule has 0 bridgehead atoms. The molecule has 1 aliphatic rings. The molecule has 1 atom stereocenters. The van der Waals surface area contributed by atoms with Crippen LogP contribution < -0.4 is 0 Å². The summed E-state index contributed by atoms with van der Waals surface area (Å²) < 4.78 is 5.27. The van der Waals surface area contributed by atoms with E-state index in [-0.39, 0.29) is 18.0 Å². The maximum Gasteiger partial charge on any atom is 0.415 e. The SMILES string of the molecule is CC(C)(C)OC(=O)N1C[C@H](O)C=C1C(=O)c1ccccc1. The molecule has 2 rings (SSSR count). The average Bonchev–Trinajstić information content (AvgIpc) is 2.79. The number of hydrogen-bond donors (Lipinski definition) is 1. The van der Waals surface area contributed by atoms with Gasteiger partial charge in [0.25, 0.3) is 0 Å². The molecule has 21 heavy (non-hydrogen) atoms. The van der Waals surface area contributed by atoms with Crippen molar-refractivity contribution in [2.45, 2.75) is 32.5 Å². The molecule has 1 N–H and O–H groups in total. The van der Waals surface area contributed by atoms with Crippen LogP contribution in [0.2, 0.25) is 0 Å². The van der Waals surface area contributed by atoms with Gasteiger partial charge in [0.15, 0.2) is 0 Å². The van der Waals surface area contributed by atoms with Crippen LogP contribution in [-0.2, 0) is 4.74 Å². The van der Waals surface area contributed by atoms with Crippen LogP contribution in [0.3, 0.4) is 0 Å². The Bertz CT molecular complexity index is 572. The van der Waals surface area contributed by atoms with Crippen LogP contribution in [0.25, 0.3) is 0 Å². The van der Waals surface area contributed by atoms with Gasteiger partial charge >= 0.3 is 6.09 Å². The largest absolute Gasteiger partial charge is 0.443 e. The van der Waals surface area contributed by atoms with Gasteiger partial charge in [0.1, 0.15) is 5.60 Å². The Morgan fingerprint density at radius 1 is 1.24 bits per heavy atom. The number of aliphatic hydroxyl groups is 1. The molecule has 0 radical (unpaired) electrons. The molecular formula is C16H19NO4. The predicted molar refractivity (Wildman–Crippen MR) is 77.8 cm³/mol. The van der Waals surface area contributed by atoms with Crippen LogP contribution in [0.15, 0.2) is 42.1 Å². The lowest BCUT2D eigenvalue weighted by Gasteiger charge is -2.25. The van der Waals surface area contributed by atoms with Gasteiger partial charge in [-0.2, -0.15) is 0 Å². The fraction of sp³-hybridized carbons (Fsp3) is 0.375. The van der Waals surface area contributed by atoms with Crippen molar-refractivity contribution >= 4 is 11.9 Å². The zero-order valence-electron chi connectivity index (χ0n) is 12.4. The molecule has 1 aromatic rings. The van der Waals surface area contributed by atoms with Gasteiger partial charge in [-0.25, -0.2) is 4.79 Å². The lowest BCUT2D eigenvalue weighted by molar-refractivity contribution is 0.0286. The molecule has 5 nitrogen and oxygen atoms in total. The normalized spacial score (nSPS) is 18.4. The summed E-state index contributed by atoms with van der Waals surface area (Å²) in [6.45, 7) is 5.28. The van der Waals surface area contributed by atoms with E-state index in [1.807, 2.05) is 0 Å². The van der Waals surface area contributed by atoms with E-state index in [1.165, 1.54) is 11.0 Å². The fourth-order valence-electron chi connectivity index (χ4n) is 2.04. The number of ketones is 1. The second-order valence-corrected chi connectivity index (χ2v) is 5.91. The van der Waals surface area contributed by atoms with Crippen molar-refractivity contribution in [2.24, 2.45) is 0 Å². The first-order valence-electron chi connectivity index (χ1n) is 6.78. The first-order chi connectivity index (χ1) is 9.78. The highest BCUT2D eigenvalue weighted by molar-refractivity contribution is 6.10. The molecule has 1 heterocycles. The quantitative estimate of drug-likeness (QED) is 0.849. The molecule has 0 aromatic heterocycles. The lowest BCUT2D eigenvalue weighted by atomic mass is 10.1. The smallest absolute Gasteiger partial charge is 0.415 e. The number of amides is 1. The van der Waals surface area contributed by atoms with Gasteiger partial charge in [0.2, 0.25) is 5.78 Å². The topological polar surface area (TPSA) is 66.8 Å². The Hall–Kier alpha value is -2.14. The summed E-state index contributed by atoms with van der Waals surface area (Å²) in [5.41, 5.74) is -0.0414. The zero-order chi connectivity index (χ0) is 15.6. The summed E-state index contributed by atoms with van der Waals surface area (Å²) in [5.74, 6) is -0.307. The number of nitrogens with zero attached hydrogens (tertiary/aromatic N) is 1. The highest BCUT2D eigenvalue weighted by Gasteiger charge is 2.34. The predicted octanol–water partition coefficient (Wildman–Crippen LogP) is 2.36. The summed E-state index contributed by atoms with van der Waals surface area (Å²) in [6, 6.07) is 8.64. The minimum Gasteiger partial charge on any atom is -0.443 e. The van der Waals surface area contributed by atoms with Gasteiger partial charge in [0.05, 0.1) is 18.3 Å². The van der Waals surface area contributed by atoms with Crippen LogP contribution in [-0.4, -0.2) is 40.1 Å². The van der Waals surface area contributed by atoms with E-state index in [2.05, 4.69) is 0 Å². The number of benzene rings is 1. The summed E-state index contributed by atoms with van der Waals surface area (Å²) in [4.78, 5) is 25.8. The van der Waals surface area contributed by atoms with Gasteiger partial charge in [-0.3, -0.25) is 9.69 Å². The third-order valence-corrected chi connectivity index (χ3v) is 2.89. The summed E-state index contributed by atoms with van der Waals surface area (Å²) >= 11 is 0. The van der Waals surface area contributed by atoms with Crippen LogP contribution in [0.1, 0.15) is 31.1 Å². The molecule has 0 spiro atoms. The summed E-state index contributed by atoms with van der Waals surface area (Å²) in [5, 5.41) is 9.73. The molecule has 0 saturated carbocycles. The van der Waals surface area contributed by atoms with Gasteiger partial charge < -0.3 is 9.84 Å². The van der Waals surface area contributed by atoms with Crippen molar-refractivity contribution in [3.63, 3.8) is 0 Å². The van der Waals surface area contributed by atoms with Crippen LogP contribution >= 0.6 is 0 Å². The van der Waals surface area contributed by atoms with Gasteiger partial charge in [-0.1, -0.05) is 30.3 Å². The number of hydrogen-bond acceptors (Lipinski definition) is 4. The third-order valence-electron chi connectivity index (χ3n) is 2.89. The number of carbonyl (C=O) groups is 2. The van der Waals surface area contributed by atoms with Crippen molar-refractivity contribution in [1.82, 2.24) is 4.90 Å². The molecular weight excluding hydrogens is 270 g/mol. The highest BCUT2D eigenvalue weighted by atomic mass is 16.6. The standard InChI is InChI=1S/C16H19NO4/c1-16(2,3)21-15(20)17-10-12(18)9-13(17)14(19)11-7-5-4-6-8-11/h4-9,12,18H,10H2,1-3H3/t12-/m1/s1. The minimum absolute atomic E-state index is 0.0306. The first kappa shape index (κ1) is 15.3. The van der Waals surface area contributed by atoms with Crippen molar-refractivity contribution in [3.05, 3.63) is 47.7 Å². The maximum atomic E-state index is 12.4. The van der Waals surface area contributed by atoms with Crippen molar-refractivity contribution in [2.75, 3.05) is 6.54 Å². The molecule has 1 aliphatic heterocycles. The van der Waals surface area contributed by atoms with E-state index in [9.17, 15) is 14.7 Å². The van der Waals surface area contributed by atoms with E-state index >= 15 is 0 Å². The van der Waals surface area contributed by atoms with E-state index in [4.69, 9.17) is 4.74 Å². The number of ether oxygens (including phenoxy) is 1. The summed E-state index contributed by atoms with van der Waals surface area (Å²) in [7, 11) is 0. The van der Waals surface area contributed by atoms with Gasteiger partial charge in [-0.05, 0) is 26.8 Å². The second kappa shape index (κ2) is 5.69. The summed E-state index contributed by atoms with van der Waals surface area (Å²) in [6.07, 6.45) is -0.103. The minimum atomic E-state index is -0.861. The van der Waals surface area contributed by atoms with Crippen molar-refractivity contribution in [1.29, 1.82) is 0 Å². The number of allylic oxidation sites excluding steroid dienone is 1. The van der Waals surface area contributed by atoms with E-state index in [1.54, 1.807) is 51.1 Å². The van der Waals surface area contributed by atoms with E-state index in [0.717, 1.165) is 0 Å². The van der Waals surface area contributed by atoms with Crippen molar-refractivity contribution in [3.8, 4) is 0 Å². The Kier molecular flexibility index (Phi) is 4.14. The zero-order valence-corrected chi connectivity index (χ0v) is 12.4. The van der Waals surface area contributed by atoms with Crippen molar-refractivity contribution < 1.29 is 19.4 Å². The molecule has 112 valence electrons. The molecule has 1 aromatic carbocycles. The Labute approximate surface area is 123 Å². The monoisotopic (exact) mass is 289 g/mol. The highest BCUT2D eigenvalue weighted by Crippen LogP contribution is 2.23. The van der Waals surface area contributed by atoms with Crippen LogP contribution in [0.4, 0.5) is 4.79 Å². The number of carbonyl (C=O) groups excluding carboxylic acids is 2. The van der Waals surface area contributed by atoms with Gasteiger partial charge in [-0.15, -0.1) is 0 Å². The Balaban J connectivity index is 2.22. The number of β-amino-alcohol motifs (C(OH)–C–C–N with tert-alkyl or cyclic N) is 1. The molecule has 0 saturated heterocycles. The number of aliphatic hydroxyl groups excluding tert-OH is 1.